The van der Waals surface area contributed by atoms with E-state index in [9.17, 15) is 4.79 Å². The number of carbonyl (C=O) groups is 1. The zero-order valence-corrected chi connectivity index (χ0v) is 19.7. The van der Waals surface area contributed by atoms with E-state index in [2.05, 4.69) is 20.5 Å². The van der Waals surface area contributed by atoms with E-state index < -0.39 is 0 Å². The van der Waals surface area contributed by atoms with E-state index in [-0.39, 0.29) is 5.91 Å². The number of nitrogens with one attached hydrogen (secondary N) is 1. The van der Waals surface area contributed by atoms with Gasteiger partial charge in [0, 0.05) is 33.3 Å². The third-order valence-corrected chi connectivity index (χ3v) is 6.87. The van der Waals surface area contributed by atoms with Crippen molar-refractivity contribution in [1.29, 1.82) is 0 Å². The number of carbonyl (C=O) groups excluding carboxylic acids is 1. The quantitative estimate of drug-likeness (QED) is 0.353. The van der Waals surface area contributed by atoms with Crippen LogP contribution in [0.3, 0.4) is 0 Å². The molecule has 2 heterocycles. The minimum Gasteiger partial charge on any atom is -0.319 e. The molecule has 4 aromatic rings. The molecule has 6 nitrogen and oxygen atoms in total. The molecular formula is C25H23Cl2N5O. The van der Waals surface area contributed by atoms with Crippen LogP contribution in [0.4, 0.5) is 5.69 Å². The van der Waals surface area contributed by atoms with Crippen molar-refractivity contribution in [2.75, 3.05) is 5.32 Å². The summed E-state index contributed by atoms with van der Waals surface area (Å²) in [6.07, 6.45) is 9.37. The van der Waals surface area contributed by atoms with Crippen LogP contribution in [0.5, 0.6) is 0 Å². The normalized spacial score (nSPS) is 14.5. The number of fused-ring (bicyclic) bond motifs is 1. The van der Waals surface area contributed by atoms with Crippen molar-refractivity contribution in [2.45, 2.75) is 44.9 Å². The first-order valence-corrected chi connectivity index (χ1v) is 11.8. The number of rotatable bonds is 4. The highest BCUT2D eigenvalue weighted by Gasteiger charge is 2.22. The fraction of sp³-hybridized carbons (Fsp3) is 0.280. The topological polar surface area (TPSA) is 72.2 Å². The lowest BCUT2D eigenvalue weighted by Gasteiger charge is -2.19. The maximum absolute atomic E-state index is 13.2. The van der Waals surface area contributed by atoms with Gasteiger partial charge in [0.15, 0.2) is 0 Å². The van der Waals surface area contributed by atoms with Gasteiger partial charge in [-0.1, -0.05) is 60.7 Å². The van der Waals surface area contributed by atoms with Gasteiger partial charge in [0.2, 0.25) is 0 Å². The van der Waals surface area contributed by atoms with Crippen LogP contribution >= 0.6 is 23.2 Å². The molecule has 0 radical (unpaired) electrons. The third-order valence-electron chi connectivity index (χ3n) is 6.32. The van der Waals surface area contributed by atoms with Crippen LogP contribution < -0.4 is 5.32 Å². The largest absolute Gasteiger partial charge is 0.319 e. The second-order valence-electron chi connectivity index (χ2n) is 8.46. The summed E-state index contributed by atoms with van der Waals surface area (Å²) in [5.41, 5.74) is 3.71. The van der Waals surface area contributed by atoms with Gasteiger partial charge in [-0.2, -0.15) is 0 Å². The Balaban J connectivity index is 1.44. The summed E-state index contributed by atoms with van der Waals surface area (Å²) in [6, 6.07) is 11.0. The molecule has 0 atom stereocenters. The fourth-order valence-corrected chi connectivity index (χ4v) is 5.10. The van der Waals surface area contributed by atoms with Crippen LogP contribution in [0.2, 0.25) is 10.0 Å². The average molecular weight is 480 g/mol. The Morgan fingerprint density at radius 1 is 1.06 bits per heavy atom. The predicted octanol–water partition coefficient (Wildman–Crippen LogP) is 6.71. The second-order valence-corrected chi connectivity index (χ2v) is 9.31. The molecule has 2 aromatic carbocycles. The van der Waals surface area contributed by atoms with E-state index in [1.807, 2.05) is 35.7 Å². The van der Waals surface area contributed by atoms with Gasteiger partial charge < -0.3 is 5.32 Å². The van der Waals surface area contributed by atoms with Gasteiger partial charge in [-0.25, -0.2) is 4.98 Å². The van der Waals surface area contributed by atoms with Crippen LogP contribution in [0.25, 0.3) is 16.9 Å². The standard InChI is InChI=1S/C25H23Cl2N5O/c1-15-19(21-11-10-17(26)12-22(21)27)8-5-9-20(15)24(33)29-18-13-28-25-31-30-23(32(25)14-18)16-6-3-2-4-7-16/h5,8-14,16H,2-4,6-7H2,1H3,(H,29,33). The van der Waals surface area contributed by atoms with E-state index in [0.29, 0.717) is 33.0 Å². The van der Waals surface area contributed by atoms with Gasteiger partial charge in [-0.3, -0.25) is 9.20 Å². The molecule has 1 aliphatic rings. The van der Waals surface area contributed by atoms with Crippen LogP contribution in [0.1, 0.15) is 59.8 Å². The Labute approximate surface area is 202 Å². The number of hydrogen-bond acceptors (Lipinski definition) is 4. The van der Waals surface area contributed by atoms with E-state index in [1.165, 1.54) is 19.3 Å². The smallest absolute Gasteiger partial charge is 0.256 e. The monoisotopic (exact) mass is 479 g/mol. The van der Waals surface area contributed by atoms with Crippen LogP contribution in [0.15, 0.2) is 48.8 Å². The number of amides is 1. The minimum absolute atomic E-state index is 0.215. The van der Waals surface area contributed by atoms with Crippen molar-refractivity contribution in [3.05, 3.63) is 75.8 Å². The summed E-state index contributed by atoms with van der Waals surface area (Å²) in [4.78, 5) is 17.6. The van der Waals surface area contributed by atoms with Crippen molar-refractivity contribution in [3.63, 3.8) is 0 Å². The molecule has 1 N–H and O–H groups in total. The highest BCUT2D eigenvalue weighted by Crippen LogP contribution is 2.34. The summed E-state index contributed by atoms with van der Waals surface area (Å²) in [6.45, 7) is 1.91. The van der Waals surface area contributed by atoms with E-state index in [4.69, 9.17) is 23.2 Å². The number of anilines is 1. The molecule has 1 fully saturated rings. The molecule has 5 rings (SSSR count). The van der Waals surface area contributed by atoms with Crippen molar-refractivity contribution < 1.29 is 4.79 Å². The van der Waals surface area contributed by atoms with E-state index >= 15 is 0 Å². The molecule has 0 aliphatic heterocycles. The first kappa shape index (κ1) is 21.9. The average Bonchev–Trinajstić information content (AvgIpc) is 3.23. The maximum Gasteiger partial charge on any atom is 0.256 e. The molecule has 0 spiro atoms. The van der Waals surface area contributed by atoms with Gasteiger partial charge in [-0.15, -0.1) is 10.2 Å². The first-order chi connectivity index (χ1) is 16.0. The summed E-state index contributed by atoms with van der Waals surface area (Å²) in [5, 5.41) is 12.7. The lowest BCUT2D eigenvalue weighted by Crippen LogP contribution is -2.15. The molecule has 0 unspecified atom stereocenters. The highest BCUT2D eigenvalue weighted by molar-refractivity contribution is 6.36. The lowest BCUT2D eigenvalue weighted by atomic mass is 9.89. The Morgan fingerprint density at radius 2 is 1.88 bits per heavy atom. The first-order valence-electron chi connectivity index (χ1n) is 11.1. The summed E-state index contributed by atoms with van der Waals surface area (Å²) >= 11 is 12.5. The molecule has 8 heteroatoms. The third kappa shape index (κ3) is 4.33. The molecule has 0 bridgehead atoms. The zero-order valence-electron chi connectivity index (χ0n) is 18.2. The number of halogens is 2. The summed E-state index contributed by atoms with van der Waals surface area (Å²) in [5.74, 6) is 1.63. The molecule has 1 aliphatic carbocycles. The predicted molar refractivity (Wildman–Crippen MR) is 131 cm³/mol. The maximum atomic E-state index is 13.2. The molecule has 168 valence electrons. The molecule has 0 saturated heterocycles. The molecular weight excluding hydrogens is 457 g/mol. The fourth-order valence-electron chi connectivity index (χ4n) is 4.59. The SMILES string of the molecule is Cc1c(C(=O)Nc2cnc3nnc(C4CCCCC4)n3c2)cccc1-c1ccc(Cl)cc1Cl. The number of aromatic nitrogens is 4. The number of hydrogen-bond donors (Lipinski definition) is 1. The second kappa shape index (κ2) is 9.12. The summed E-state index contributed by atoms with van der Waals surface area (Å²) in [7, 11) is 0. The van der Waals surface area contributed by atoms with Crippen LogP contribution in [-0.4, -0.2) is 25.5 Å². The number of nitrogens with zero attached hydrogens (tertiary/aromatic N) is 4. The zero-order chi connectivity index (χ0) is 22.9. The summed E-state index contributed by atoms with van der Waals surface area (Å²) < 4.78 is 1.91. The Kier molecular flexibility index (Phi) is 6.04. The van der Waals surface area contributed by atoms with E-state index in [1.54, 1.807) is 24.4 Å². The Bertz CT molecular complexity index is 1340. The van der Waals surface area contributed by atoms with E-state index in [0.717, 1.165) is 35.4 Å². The van der Waals surface area contributed by atoms with Gasteiger partial charge in [0.25, 0.3) is 11.7 Å². The molecule has 1 amide bonds. The van der Waals surface area contributed by atoms with Crippen molar-refractivity contribution in [1.82, 2.24) is 19.6 Å². The van der Waals surface area contributed by atoms with Crippen molar-refractivity contribution in [3.8, 4) is 11.1 Å². The molecule has 1 saturated carbocycles. The van der Waals surface area contributed by atoms with Gasteiger partial charge in [0.05, 0.1) is 11.9 Å². The molecule has 2 aromatic heterocycles. The molecule has 33 heavy (non-hydrogen) atoms. The number of benzene rings is 2. The Morgan fingerprint density at radius 3 is 2.67 bits per heavy atom. The van der Waals surface area contributed by atoms with Gasteiger partial charge in [-0.05, 0) is 49.1 Å². The van der Waals surface area contributed by atoms with Crippen molar-refractivity contribution >= 4 is 40.6 Å². The van der Waals surface area contributed by atoms with Crippen LogP contribution in [0, 0.1) is 6.92 Å². The minimum atomic E-state index is -0.215. The van der Waals surface area contributed by atoms with Crippen LogP contribution in [-0.2, 0) is 0 Å². The van der Waals surface area contributed by atoms with Gasteiger partial charge in [0.1, 0.15) is 5.82 Å². The highest BCUT2D eigenvalue weighted by atomic mass is 35.5. The lowest BCUT2D eigenvalue weighted by molar-refractivity contribution is 0.102. The van der Waals surface area contributed by atoms with Gasteiger partial charge >= 0.3 is 0 Å². The Hall–Kier alpha value is -2.96. The van der Waals surface area contributed by atoms with Crippen molar-refractivity contribution in [2.24, 2.45) is 0 Å².